The molecule has 10 heavy (non-hydrogen) atoms. The van der Waals surface area contributed by atoms with E-state index in [9.17, 15) is 9.59 Å². The molecule has 6 heteroatoms. The Bertz CT molecular complexity index is 240. The maximum atomic E-state index is 10.5. The van der Waals surface area contributed by atoms with Crippen molar-refractivity contribution < 1.29 is 9.59 Å². The molecule has 52 valence electrons. The van der Waals surface area contributed by atoms with E-state index in [1.54, 1.807) is 0 Å². The highest BCUT2D eigenvalue weighted by Gasteiger charge is 2.19. The third-order valence-electron chi connectivity index (χ3n) is 0.753. The summed E-state index contributed by atoms with van der Waals surface area (Å²) in [6.07, 6.45) is 0. The lowest BCUT2D eigenvalue weighted by atomic mass is 10.5. The van der Waals surface area contributed by atoms with Crippen LogP contribution >= 0.6 is 31.9 Å². The lowest BCUT2D eigenvalue weighted by molar-refractivity contribution is -0.135. The number of aliphatic imine (C=N–C) groups is 2. The highest BCUT2D eigenvalue weighted by atomic mass is 79.9. The summed E-state index contributed by atoms with van der Waals surface area (Å²) in [4.78, 5) is 27.5. The zero-order valence-electron chi connectivity index (χ0n) is 4.47. The van der Waals surface area contributed by atoms with Crippen molar-refractivity contribution in [3.63, 3.8) is 0 Å². The van der Waals surface area contributed by atoms with Gasteiger partial charge < -0.3 is 0 Å². The minimum atomic E-state index is -0.852. The Morgan fingerprint density at radius 3 is 1.50 bits per heavy atom. The van der Waals surface area contributed by atoms with Crippen molar-refractivity contribution in [1.29, 1.82) is 0 Å². The molecule has 1 aliphatic heterocycles. The molecule has 0 spiro atoms. The van der Waals surface area contributed by atoms with E-state index >= 15 is 0 Å². The SMILES string of the molecule is O=C1N=C(Br)C(Br)=NC1=O. The van der Waals surface area contributed by atoms with Crippen molar-refractivity contribution in [1.82, 2.24) is 0 Å². The summed E-state index contributed by atoms with van der Waals surface area (Å²) >= 11 is 5.84. The first-order valence-corrected chi connectivity index (χ1v) is 3.77. The first-order valence-electron chi connectivity index (χ1n) is 2.18. The van der Waals surface area contributed by atoms with Gasteiger partial charge in [-0.25, -0.2) is 0 Å². The van der Waals surface area contributed by atoms with E-state index in [1.165, 1.54) is 0 Å². The summed E-state index contributed by atoms with van der Waals surface area (Å²) in [6, 6.07) is 0. The fraction of sp³-hybridized carbons (Fsp3) is 0. The normalized spacial score (nSPS) is 18.6. The van der Waals surface area contributed by atoms with Gasteiger partial charge in [0.15, 0.2) is 0 Å². The summed E-state index contributed by atoms with van der Waals surface area (Å²) < 4.78 is 0.495. The van der Waals surface area contributed by atoms with Crippen LogP contribution in [0.1, 0.15) is 0 Å². The van der Waals surface area contributed by atoms with Crippen molar-refractivity contribution in [2.75, 3.05) is 0 Å². The Labute approximate surface area is 72.7 Å². The predicted molar refractivity (Wildman–Crippen MR) is 42.7 cm³/mol. The fourth-order valence-corrected chi connectivity index (χ4v) is 0.866. The van der Waals surface area contributed by atoms with Crippen LogP contribution in [0.4, 0.5) is 0 Å². The van der Waals surface area contributed by atoms with Crippen LogP contribution in [0.15, 0.2) is 9.98 Å². The molecule has 1 aliphatic rings. The molecular formula is C4Br2N2O2. The van der Waals surface area contributed by atoms with E-state index in [4.69, 9.17) is 0 Å². The molecule has 0 aromatic carbocycles. The molecule has 1 rings (SSSR count). The minimum Gasteiger partial charge on any atom is -0.261 e. The second-order valence-corrected chi connectivity index (χ2v) is 2.92. The summed E-state index contributed by atoms with van der Waals surface area (Å²) in [5.41, 5.74) is 0. The van der Waals surface area contributed by atoms with Gasteiger partial charge >= 0.3 is 11.8 Å². The van der Waals surface area contributed by atoms with E-state index in [0.29, 0.717) is 0 Å². The molecule has 0 fully saturated rings. The molecular weight excluding hydrogens is 268 g/mol. The Kier molecular flexibility index (Phi) is 2.10. The summed E-state index contributed by atoms with van der Waals surface area (Å²) in [7, 11) is 0. The molecule has 1 heterocycles. The molecule has 0 radical (unpaired) electrons. The van der Waals surface area contributed by atoms with E-state index in [2.05, 4.69) is 41.8 Å². The van der Waals surface area contributed by atoms with E-state index in [0.717, 1.165) is 0 Å². The van der Waals surface area contributed by atoms with Gasteiger partial charge in [0.25, 0.3) is 0 Å². The molecule has 0 bridgehead atoms. The maximum Gasteiger partial charge on any atom is 0.338 e. The van der Waals surface area contributed by atoms with Crippen molar-refractivity contribution in [3.05, 3.63) is 0 Å². The molecule has 0 saturated heterocycles. The standard InChI is InChI=1S/C4Br2N2O2/c5-1-2(6)8-4(10)3(9)7-1. The van der Waals surface area contributed by atoms with Crippen LogP contribution in [0.25, 0.3) is 0 Å². The Morgan fingerprint density at radius 2 is 1.20 bits per heavy atom. The quantitative estimate of drug-likeness (QED) is 0.605. The van der Waals surface area contributed by atoms with Crippen molar-refractivity contribution in [2.24, 2.45) is 9.98 Å². The summed E-state index contributed by atoms with van der Waals surface area (Å²) in [5.74, 6) is -1.70. The average Bonchev–Trinajstić information content (AvgIpc) is 1.84. The molecule has 2 amide bonds. The number of nitrogens with zero attached hydrogens (tertiary/aromatic N) is 2. The zero-order chi connectivity index (χ0) is 7.72. The second-order valence-electron chi connectivity index (χ2n) is 1.42. The number of hydrogen-bond acceptors (Lipinski definition) is 2. The highest BCUT2D eigenvalue weighted by Crippen LogP contribution is 2.06. The van der Waals surface area contributed by atoms with E-state index in [1.807, 2.05) is 0 Å². The van der Waals surface area contributed by atoms with Gasteiger partial charge in [-0.3, -0.25) is 9.59 Å². The van der Waals surface area contributed by atoms with Gasteiger partial charge in [0.1, 0.15) is 9.24 Å². The van der Waals surface area contributed by atoms with E-state index < -0.39 is 11.8 Å². The number of hydrogen-bond donors (Lipinski definition) is 0. The largest absolute Gasteiger partial charge is 0.338 e. The van der Waals surface area contributed by atoms with Gasteiger partial charge in [-0.05, 0) is 31.9 Å². The molecule has 0 unspecified atom stereocenters. The first kappa shape index (κ1) is 7.74. The van der Waals surface area contributed by atoms with Crippen LogP contribution in [-0.4, -0.2) is 21.1 Å². The summed E-state index contributed by atoms with van der Waals surface area (Å²) in [6.45, 7) is 0. The highest BCUT2D eigenvalue weighted by molar-refractivity contribution is 9.25. The number of halogens is 2. The zero-order valence-corrected chi connectivity index (χ0v) is 7.64. The lowest BCUT2D eigenvalue weighted by Crippen LogP contribution is -2.19. The van der Waals surface area contributed by atoms with Gasteiger partial charge in [-0.2, -0.15) is 9.98 Å². The Hall–Kier alpha value is -0.360. The Balaban J connectivity index is 3.06. The van der Waals surface area contributed by atoms with Gasteiger partial charge in [-0.1, -0.05) is 0 Å². The summed E-state index contributed by atoms with van der Waals surface area (Å²) in [5, 5.41) is 0. The third-order valence-corrected chi connectivity index (χ3v) is 2.39. The van der Waals surface area contributed by atoms with Gasteiger partial charge in [0.2, 0.25) is 0 Å². The monoisotopic (exact) mass is 266 g/mol. The van der Waals surface area contributed by atoms with Crippen LogP contribution < -0.4 is 0 Å². The fourth-order valence-electron chi connectivity index (χ4n) is 0.366. The van der Waals surface area contributed by atoms with E-state index in [-0.39, 0.29) is 9.24 Å². The van der Waals surface area contributed by atoms with Crippen LogP contribution in [0.3, 0.4) is 0 Å². The van der Waals surface area contributed by atoms with Crippen LogP contribution in [0.5, 0.6) is 0 Å². The Morgan fingerprint density at radius 1 is 0.900 bits per heavy atom. The minimum absolute atomic E-state index is 0.247. The second kappa shape index (κ2) is 2.71. The average molecular weight is 268 g/mol. The van der Waals surface area contributed by atoms with Gasteiger partial charge in [0, 0.05) is 0 Å². The number of carbonyl (C=O) groups is 2. The molecule has 0 aromatic rings. The number of carbonyl (C=O) groups excluding carboxylic acids is 2. The van der Waals surface area contributed by atoms with Crippen LogP contribution in [-0.2, 0) is 9.59 Å². The van der Waals surface area contributed by atoms with Gasteiger partial charge in [0.05, 0.1) is 0 Å². The molecule has 0 saturated carbocycles. The van der Waals surface area contributed by atoms with Crippen molar-refractivity contribution in [2.45, 2.75) is 0 Å². The number of rotatable bonds is 0. The van der Waals surface area contributed by atoms with Crippen molar-refractivity contribution >= 4 is 52.9 Å². The van der Waals surface area contributed by atoms with Gasteiger partial charge in [-0.15, -0.1) is 0 Å². The molecule has 0 atom stereocenters. The first-order chi connectivity index (χ1) is 4.61. The molecule has 4 nitrogen and oxygen atoms in total. The van der Waals surface area contributed by atoms with Crippen molar-refractivity contribution in [3.8, 4) is 0 Å². The topological polar surface area (TPSA) is 58.9 Å². The third kappa shape index (κ3) is 1.38. The predicted octanol–water partition coefficient (Wildman–Crippen LogP) is 0.640. The maximum absolute atomic E-state index is 10.5. The van der Waals surface area contributed by atoms with Crippen LogP contribution in [0.2, 0.25) is 0 Å². The molecule has 0 aromatic heterocycles. The number of amides is 2. The molecule has 0 N–H and O–H groups in total. The lowest BCUT2D eigenvalue weighted by Gasteiger charge is -1.98. The molecule has 0 aliphatic carbocycles. The smallest absolute Gasteiger partial charge is 0.261 e. The van der Waals surface area contributed by atoms with Crippen LogP contribution in [0, 0.1) is 0 Å².